The summed E-state index contributed by atoms with van der Waals surface area (Å²) in [7, 11) is 0. The minimum Gasteiger partial charge on any atom is -0.257 e. The fourth-order valence-electron chi connectivity index (χ4n) is 1.36. The molecule has 0 fully saturated rings. The molecule has 1 aromatic heterocycles. The minimum atomic E-state index is -2.60. The highest BCUT2D eigenvalue weighted by molar-refractivity contribution is 6.16. The van der Waals surface area contributed by atoms with Crippen molar-refractivity contribution in [3.8, 4) is 6.07 Å². The second-order valence-electron chi connectivity index (χ2n) is 3.04. The molecule has 1 aromatic rings. The molecule has 0 saturated carbocycles. The van der Waals surface area contributed by atoms with E-state index in [1.165, 1.54) is 6.07 Å². The standard InChI is InChI=1S/C10H9ClF2N2/c1-6-8(2-3-14)9(10(12)13)4-7(5-11)15-6/h4,10H,2,5H2,1H3. The third-order valence-corrected chi connectivity index (χ3v) is 2.32. The molecule has 0 aliphatic heterocycles. The molecule has 0 aliphatic carbocycles. The molecule has 0 N–H and O–H groups in total. The number of aryl methyl sites for hydroxylation is 1. The maximum Gasteiger partial charge on any atom is 0.264 e. The molecule has 0 saturated heterocycles. The fraction of sp³-hybridized carbons (Fsp3) is 0.400. The van der Waals surface area contributed by atoms with Crippen molar-refractivity contribution in [3.05, 3.63) is 28.6 Å². The van der Waals surface area contributed by atoms with Crippen LogP contribution in [0.3, 0.4) is 0 Å². The van der Waals surface area contributed by atoms with Gasteiger partial charge in [-0.3, -0.25) is 4.98 Å². The summed E-state index contributed by atoms with van der Waals surface area (Å²) < 4.78 is 25.3. The summed E-state index contributed by atoms with van der Waals surface area (Å²) in [5.74, 6) is 0.0907. The number of rotatable bonds is 3. The van der Waals surface area contributed by atoms with Gasteiger partial charge < -0.3 is 0 Å². The zero-order valence-corrected chi connectivity index (χ0v) is 8.85. The first-order chi connectivity index (χ1) is 7.10. The number of hydrogen-bond acceptors (Lipinski definition) is 2. The Morgan fingerprint density at radius 1 is 1.60 bits per heavy atom. The van der Waals surface area contributed by atoms with Gasteiger partial charge in [-0.2, -0.15) is 5.26 Å². The van der Waals surface area contributed by atoms with E-state index < -0.39 is 6.43 Å². The van der Waals surface area contributed by atoms with Crippen LogP contribution in [0.4, 0.5) is 8.78 Å². The van der Waals surface area contributed by atoms with Crippen molar-refractivity contribution in [1.82, 2.24) is 4.98 Å². The molecular formula is C10H9ClF2N2. The minimum absolute atomic E-state index is 0.0545. The Balaban J connectivity index is 3.30. The number of nitriles is 1. The molecule has 0 aromatic carbocycles. The van der Waals surface area contributed by atoms with Crippen LogP contribution in [0.5, 0.6) is 0 Å². The molecule has 0 radical (unpaired) electrons. The maximum absolute atomic E-state index is 12.7. The first-order valence-corrected chi connectivity index (χ1v) is 4.84. The van der Waals surface area contributed by atoms with Gasteiger partial charge in [0, 0.05) is 11.3 Å². The van der Waals surface area contributed by atoms with Crippen molar-refractivity contribution in [2.45, 2.75) is 25.7 Å². The zero-order chi connectivity index (χ0) is 11.4. The monoisotopic (exact) mass is 230 g/mol. The number of halogens is 3. The maximum atomic E-state index is 12.7. The molecule has 0 atom stereocenters. The van der Waals surface area contributed by atoms with Gasteiger partial charge in [-0.1, -0.05) is 0 Å². The molecule has 15 heavy (non-hydrogen) atoms. The highest BCUT2D eigenvalue weighted by Crippen LogP contribution is 2.26. The molecular weight excluding hydrogens is 222 g/mol. The van der Waals surface area contributed by atoms with Gasteiger partial charge in [0.2, 0.25) is 0 Å². The summed E-state index contributed by atoms with van der Waals surface area (Å²) in [6.45, 7) is 1.61. The Kier molecular flexibility index (Phi) is 3.98. The SMILES string of the molecule is Cc1nc(CCl)cc(C(F)F)c1CC#N. The van der Waals surface area contributed by atoms with Crippen LogP contribution in [0.25, 0.3) is 0 Å². The molecule has 2 nitrogen and oxygen atoms in total. The van der Waals surface area contributed by atoms with Crippen molar-refractivity contribution in [3.63, 3.8) is 0 Å². The lowest BCUT2D eigenvalue weighted by atomic mass is 10.0. The molecule has 5 heteroatoms. The van der Waals surface area contributed by atoms with E-state index in [4.69, 9.17) is 16.9 Å². The van der Waals surface area contributed by atoms with Crippen molar-refractivity contribution in [2.24, 2.45) is 0 Å². The summed E-state index contributed by atoms with van der Waals surface area (Å²) in [4.78, 5) is 4.04. The van der Waals surface area contributed by atoms with E-state index >= 15 is 0 Å². The topological polar surface area (TPSA) is 36.7 Å². The Bertz CT molecular complexity index is 399. The first-order valence-electron chi connectivity index (χ1n) is 4.30. The van der Waals surface area contributed by atoms with Gasteiger partial charge in [0.1, 0.15) is 0 Å². The fourth-order valence-corrected chi connectivity index (χ4v) is 1.50. The summed E-state index contributed by atoms with van der Waals surface area (Å²) in [5, 5.41) is 8.53. The third kappa shape index (κ3) is 2.63. The van der Waals surface area contributed by atoms with E-state index in [-0.39, 0.29) is 17.9 Å². The summed E-state index contributed by atoms with van der Waals surface area (Å²) in [6.07, 6.45) is -2.65. The average Bonchev–Trinajstić information content (AvgIpc) is 2.20. The van der Waals surface area contributed by atoms with Gasteiger partial charge >= 0.3 is 0 Å². The van der Waals surface area contributed by atoms with Crippen molar-refractivity contribution in [2.75, 3.05) is 0 Å². The van der Waals surface area contributed by atoms with Crippen molar-refractivity contribution >= 4 is 11.6 Å². The molecule has 0 unspecified atom stereocenters. The van der Waals surface area contributed by atoms with Crippen LogP contribution in [-0.2, 0) is 12.3 Å². The number of alkyl halides is 3. The highest BCUT2D eigenvalue weighted by Gasteiger charge is 2.16. The molecule has 80 valence electrons. The highest BCUT2D eigenvalue weighted by atomic mass is 35.5. The average molecular weight is 231 g/mol. The number of aromatic nitrogens is 1. The number of pyridine rings is 1. The zero-order valence-electron chi connectivity index (χ0n) is 8.10. The quantitative estimate of drug-likeness (QED) is 0.748. The van der Waals surface area contributed by atoms with E-state index in [1.807, 2.05) is 6.07 Å². The van der Waals surface area contributed by atoms with E-state index in [0.29, 0.717) is 17.0 Å². The van der Waals surface area contributed by atoms with E-state index in [0.717, 1.165) is 0 Å². The molecule has 0 amide bonds. The largest absolute Gasteiger partial charge is 0.264 e. The van der Waals surface area contributed by atoms with Crippen LogP contribution in [0.15, 0.2) is 6.07 Å². The van der Waals surface area contributed by atoms with E-state index in [2.05, 4.69) is 4.98 Å². The smallest absolute Gasteiger partial charge is 0.257 e. The van der Waals surface area contributed by atoms with Gasteiger partial charge in [0.05, 0.1) is 24.1 Å². The lowest BCUT2D eigenvalue weighted by molar-refractivity contribution is 0.150. The molecule has 0 bridgehead atoms. The Labute approximate surface area is 91.5 Å². The molecule has 0 spiro atoms. The summed E-state index contributed by atoms with van der Waals surface area (Å²) in [6, 6.07) is 3.11. The van der Waals surface area contributed by atoms with Crippen LogP contribution >= 0.6 is 11.6 Å². The van der Waals surface area contributed by atoms with Gasteiger partial charge in [0.15, 0.2) is 0 Å². The van der Waals surface area contributed by atoms with Crippen LogP contribution < -0.4 is 0 Å². The van der Waals surface area contributed by atoms with E-state index in [1.54, 1.807) is 6.92 Å². The number of hydrogen-bond donors (Lipinski definition) is 0. The van der Waals surface area contributed by atoms with Crippen LogP contribution in [0.1, 0.15) is 28.9 Å². The summed E-state index contributed by atoms with van der Waals surface area (Å²) in [5.41, 5.74) is 1.03. The lowest BCUT2D eigenvalue weighted by Gasteiger charge is -2.10. The van der Waals surface area contributed by atoms with Crippen LogP contribution in [0, 0.1) is 18.3 Å². The normalized spacial score (nSPS) is 10.4. The van der Waals surface area contributed by atoms with Gasteiger partial charge in [0.25, 0.3) is 6.43 Å². The van der Waals surface area contributed by atoms with Gasteiger partial charge in [-0.25, -0.2) is 8.78 Å². The van der Waals surface area contributed by atoms with E-state index in [9.17, 15) is 8.78 Å². The van der Waals surface area contributed by atoms with Crippen molar-refractivity contribution < 1.29 is 8.78 Å². The lowest BCUT2D eigenvalue weighted by Crippen LogP contribution is -2.02. The first kappa shape index (κ1) is 11.9. The molecule has 0 aliphatic rings. The summed E-state index contributed by atoms with van der Waals surface area (Å²) >= 11 is 5.53. The second kappa shape index (κ2) is 5.04. The van der Waals surface area contributed by atoms with Crippen LogP contribution in [-0.4, -0.2) is 4.98 Å². The predicted octanol–water partition coefficient (Wildman–Crippen LogP) is 3.13. The van der Waals surface area contributed by atoms with Crippen molar-refractivity contribution in [1.29, 1.82) is 5.26 Å². The Hall–Kier alpha value is -1.21. The molecule has 1 rings (SSSR count). The second-order valence-corrected chi connectivity index (χ2v) is 3.30. The Morgan fingerprint density at radius 3 is 2.73 bits per heavy atom. The Morgan fingerprint density at radius 2 is 2.27 bits per heavy atom. The van der Waals surface area contributed by atoms with Gasteiger partial charge in [-0.15, -0.1) is 11.6 Å². The third-order valence-electron chi connectivity index (χ3n) is 2.05. The van der Waals surface area contributed by atoms with Gasteiger partial charge in [-0.05, 0) is 18.6 Å². The molecule has 1 heterocycles. The van der Waals surface area contributed by atoms with Crippen LogP contribution in [0.2, 0.25) is 0 Å². The predicted molar refractivity (Wildman–Crippen MR) is 52.8 cm³/mol. The number of nitrogens with zero attached hydrogens (tertiary/aromatic N) is 2.